The molecule has 0 saturated carbocycles. The maximum Gasteiger partial charge on any atom is 0.247 e. The van der Waals surface area contributed by atoms with Gasteiger partial charge in [-0.1, -0.05) is 24.6 Å². The van der Waals surface area contributed by atoms with Gasteiger partial charge < -0.3 is 4.42 Å². The largest absolute Gasteiger partial charge is 0.419 e. The van der Waals surface area contributed by atoms with Gasteiger partial charge in [0, 0.05) is 5.56 Å². The normalized spacial score (nSPS) is 11.7. The monoisotopic (exact) mass is 295 g/mol. The molecular weight excluding hydrogens is 278 g/mol. The van der Waals surface area contributed by atoms with Crippen molar-refractivity contribution in [2.75, 3.05) is 5.75 Å². The second kappa shape index (κ2) is 6.15. The number of benzene rings is 1. The first kappa shape index (κ1) is 14.7. The van der Waals surface area contributed by atoms with E-state index in [1.165, 1.54) is 0 Å². The third-order valence-corrected chi connectivity index (χ3v) is 4.18. The highest BCUT2D eigenvalue weighted by atomic mass is 32.2. The summed E-state index contributed by atoms with van der Waals surface area (Å²) < 4.78 is 30.9. The molecular formula is C13H17N3O3S. The number of hydrogen-bond acceptors (Lipinski definition) is 5. The molecule has 1 aromatic carbocycles. The fourth-order valence-electron chi connectivity index (χ4n) is 1.73. The Balaban J connectivity index is 2.06. The van der Waals surface area contributed by atoms with Gasteiger partial charge in [-0.15, -0.1) is 10.2 Å². The van der Waals surface area contributed by atoms with Crippen molar-refractivity contribution in [3.8, 4) is 11.5 Å². The average Bonchev–Trinajstić information content (AvgIpc) is 2.85. The zero-order chi connectivity index (χ0) is 14.6. The van der Waals surface area contributed by atoms with Crippen LogP contribution in [0.1, 0.15) is 24.8 Å². The summed E-state index contributed by atoms with van der Waals surface area (Å²) in [6, 6.07) is 7.67. The Kier molecular flexibility index (Phi) is 4.51. The van der Waals surface area contributed by atoms with E-state index in [1.54, 1.807) is 0 Å². The van der Waals surface area contributed by atoms with Crippen LogP contribution in [0.4, 0.5) is 0 Å². The van der Waals surface area contributed by atoms with Crippen LogP contribution in [0.2, 0.25) is 0 Å². The lowest BCUT2D eigenvalue weighted by atomic mass is 10.1. The second-order valence-corrected chi connectivity index (χ2v) is 6.44. The van der Waals surface area contributed by atoms with Crippen LogP contribution in [0, 0.1) is 6.92 Å². The highest BCUT2D eigenvalue weighted by Gasteiger charge is 2.12. The summed E-state index contributed by atoms with van der Waals surface area (Å²) in [5.41, 5.74) is 1.91. The molecule has 0 aliphatic carbocycles. The summed E-state index contributed by atoms with van der Waals surface area (Å²) in [7, 11) is -3.27. The SMILES string of the molecule is CCCS(=O)(=O)NCc1nnc(-c2cccc(C)c2)o1. The lowest BCUT2D eigenvalue weighted by Crippen LogP contribution is -2.25. The van der Waals surface area contributed by atoms with E-state index in [9.17, 15) is 8.42 Å². The highest BCUT2D eigenvalue weighted by molar-refractivity contribution is 7.89. The fraction of sp³-hybridized carbons (Fsp3) is 0.385. The van der Waals surface area contributed by atoms with Gasteiger partial charge in [0.05, 0.1) is 12.3 Å². The van der Waals surface area contributed by atoms with E-state index in [1.807, 2.05) is 38.1 Å². The minimum Gasteiger partial charge on any atom is -0.419 e. The predicted octanol–water partition coefficient (Wildman–Crippen LogP) is 1.87. The molecule has 0 bridgehead atoms. The first-order valence-electron chi connectivity index (χ1n) is 6.37. The number of aryl methyl sites for hydroxylation is 1. The molecule has 1 heterocycles. The smallest absolute Gasteiger partial charge is 0.247 e. The van der Waals surface area contributed by atoms with E-state index < -0.39 is 10.0 Å². The minimum atomic E-state index is -3.27. The number of aromatic nitrogens is 2. The molecule has 20 heavy (non-hydrogen) atoms. The molecule has 0 spiro atoms. The predicted molar refractivity (Wildman–Crippen MR) is 75.4 cm³/mol. The van der Waals surface area contributed by atoms with Crippen molar-refractivity contribution < 1.29 is 12.8 Å². The third-order valence-electron chi connectivity index (χ3n) is 2.65. The van der Waals surface area contributed by atoms with Crippen LogP contribution in [-0.2, 0) is 16.6 Å². The van der Waals surface area contributed by atoms with Gasteiger partial charge in [0.15, 0.2) is 0 Å². The molecule has 0 amide bonds. The van der Waals surface area contributed by atoms with Crippen molar-refractivity contribution in [2.24, 2.45) is 0 Å². The van der Waals surface area contributed by atoms with E-state index in [4.69, 9.17) is 4.42 Å². The molecule has 0 saturated heterocycles. The summed E-state index contributed by atoms with van der Waals surface area (Å²) in [6.07, 6.45) is 0.563. The van der Waals surface area contributed by atoms with Gasteiger partial charge in [0.25, 0.3) is 0 Å². The van der Waals surface area contributed by atoms with Gasteiger partial charge in [0.1, 0.15) is 0 Å². The van der Waals surface area contributed by atoms with Gasteiger partial charge in [-0.05, 0) is 25.5 Å². The molecule has 6 nitrogen and oxygen atoms in total. The number of nitrogens with zero attached hydrogens (tertiary/aromatic N) is 2. The molecule has 0 aliphatic rings. The van der Waals surface area contributed by atoms with Crippen LogP contribution in [0.5, 0.6) is 0 Å². The Morgan fingerprint density at radius 1 is 1.30 bits per heavy atom. The van der Waals surface area contributed by atoms with Crippen LogP contribution in [0.25, 0.3) is 11.5 Å². The van der Waals surface area contributed by atoms with Gasteiger partial charge >= 0.3 is 0 Å². The first-order valence-corrected chi connectivity index (χ1v) is 8.02. The van der Waals surface area contributed by atoms with Crippen LogP contribution in [0.3, 0.4) is 0 Å². The topological polar surface area (TPSA) is 85.1 Å². The van der Waals surface area contributed by atoms with Crippen LogP contribution in [-0.4, -0.2) is 24.4 Å². The molecule has 0 fully saturated rings. The molecule has 0 radical (unpaired) electrons. The van der Waals surface area contributed by atoms with Gasteiger partial charge in [-0.3, -0.25) is 0 Å². The quantitative estimate of drug-likeness (QED) is 0.879. The van der Waals surface area contributed by atoms with E-state index >= 15 is 0 Å². The number of hydrogen-bond donors (Lipinski definition) is 1. The maximum absolute atomic E-state index is 11.5. The first-order chi connectivity index (χ1) is 9.50. The van der Waals surface area contributed by atoms with Crippen LogP contribution < -0.4 is 4.72 Å². The van der Waals surface area contributed by atoms with Gasteiger partial charge in [-0.2, -0.15) is 0 Å². The Morgan fingerprint density at radius 3 is 2.80 bits per heavy atom. The van der Waals surface area contributed by atoms with Crippen molar-refractivity contribution in [3.05, 3.63) is 35.7 Å². The van der Waals surface area contributed by atoms with Crippen LogP contribution in [0.15, 0.2) is 28.7 Å². The lowest BCUT2D eigenvalue weighted by Gasteiger charge is -2.01. The molecule has 0 aliphatic heterocycles. The van der Waals surface area contributed by atoms with E-state index in [2.05, 4.69) is 14.9 Å². The zero-order valence-corrected chi connectivity index (χ0v) is 12.3. The molecule has 2 rings (SSSR count). The van der Waals surface area contributed by atoms with Gasteiger partial charge in [-0.25, -0.2) is 13.1 Å². The zero-order valence-electron chi connectivity index (χ0n) is 11.5. The lowest BCUT2D eigenvalue weighted by molar-refractivity contribution is 0.494. The summed E-state index contributed by atoms with van der Waals surface area (Å²) >= 11 is 0. The number of nitrogens with one attached hydrogen (secondary N) is 1. The van der Waals surface area contributed by atoms with Crippen molar-refractivity contribution >= 4 is 10.0 Å². The fourth-order valence-corrected chi connectivity index (χ4v) is 2.76. The Labute approximate surface area is 118 Å². The standard InChI is InChI=1S/C13H17N3O3S/c1-3-7-20(17,18)14-9-12-15-16-13(19-12)11-6-4-5-10(2)8-11/h4-6,8,14H,3,7,9H2,1-2H3. The van der Waals surface area contributed by atoms with Crippen molar-refractivity contribution in [1.29, 1.82) is 0 Å². The molecule has 0 atom stereocenters. The maximum atomic E-state index is 11.5. The van der Waals surface area contributed by atoms with Gasteiger partial charge in [0.2, 0.25) is 21.8 Å². The van der Waals surface area contributed by atoms with Crippen molar-refractivity contribution in [2.45, 2.75) is 26.8 Å². The van der Waals surface area contributed by atoms with Crippen molar-refractivity contribution in [3.63, 3.8) is 0 Å². The summed E-state index contributed by atoms with van der Waals surface area (Å²) in [5.74, 6) is 0.728. The molecule has 108 valence electrons. The summed E-state index contributed by atoms with van der Waals surface area (Å²) in [6.45, 7) is 3.79. The molecule has 0 unspecified atom stereocenters. The van der Waals surface area contributed by atoms with E-state index in [0.717, 1.165) is 11.1 Å². The number of rotatable bonds is 6. The summed E-state index contributed by atoms with van der Waals surface area (Å²) in [5, 5.41) is 7.76. The highest BCUT2D eigenvalue weighted by Crippen LogP contribution is 2.18. The molecule has 2 aromatic rings. The Morgan fingerprint density at radius 2 is 2.10 bits per heavy atom. The average molecular weight is 295 g/mol. The van der Waals surface area contributed by atoms with E-state index in [0.29, 0.717) is 12.3 Å². The van der Waals surface area contributed by atoms with E-state index in [-0.39, 0.29) is 18.2 Å². The minimum absolute atomic E-state index is 0.0150. The van der Waals surface area contributed by atoms with Crippen molar-refractivity contribution in [1.82, 2.24) is 14.9 Å². The molecule has 7 heteroatoms. The molecule has 1 aromatic heterocycles. The Hall–Kier alpha value is -1.73. The Bertz CT molecular complexity index is 680. The second-order valence-electron chi connectivity index (χ2n) is 4.51. The number of sulfonamides is 1. The molecule has 1 N–H and O–H groups in total. The van der Waals surface area contributed by atoms with Crippen LogP contribution >= 0.6 is 0 Å². The summed E-state index contributed by atoms with van der Waals surface area (Å²) in [4.78, 5) is 0. The third kappa shape index (κ3) is 3.88.